The topological polar surface area (TPSA) is 90.2 Å². The van der Waals surface area contributed by atoms with Gasteiger partial charge in [-0.15, -0.1) is 0 Å². The summed E-state index contributed by atoms with van der Waals surface area (Å²) in [6.07, 6.45) is 12.7. The molecular formula is C66H109N7. The van der Waals surface area contributed by atoms with Crippen LogP contribution in [0.5, 0.6) is 0 Å². The number of rotatable bonds is 4. The number of aryl methyl sites for hydroxylation is 1. The molecule has 0 spiro atoms. The standard InChI is InChI=1S/C12H14N2.C9H13N.C9H12.C8H12N2.2C8H11N.6C2H6/c1-8(2)12-10-6-4-5-7-11(10)13-9(3)14-12;1-9(2,3)8-6-4-5-7-10-8;1-8(2)9-6-4-3-5-7-9;1-8(2,3)7-9-5-4-6-10-7;1-7(2)8-3-5-9-6-4-8;1-7(2)8-4-3-5-9-6-8;6*1-2/h4-8H,1-3H3;4-7H,1-3H3;3-8H,1-2H3;4-6H,1-3H3;2*3-7H,1-2H3;6*1-2H3. The molecule has 0 aliphatic rings. The van der Waals surface area contributed by atoms with E-state index < -0.39 is 0 Å². The quantitative estimate of drug-likeness (QED) is 0.173. The van der Waals surface area contributed by atoms with Crippen molar-refractivity contribution in [2.75, 3.05) is 0 Å². The second-order valence-corrected chi connectivity index (χ2v) is 18.1. The third-order valence-electron chi connectivity index (χ3n) is 9.15. The van der Waals surface area contributed by atoms with Crippen LogP contribution in [0.1, 0.15) is 243 Å². The molecule has 0 saturated carbocycles. The van der Waals surface area contributed by atoms with Crippen molar-refractivity contribution in [2.24, 2.45) is 0 Å². The maximum absolute atomic E-state index is 4.49. The Morgan fingerprint density at radius 3 is 1.14 bits per heavy atom. The van der Waals surface area contributed by atoms with Gasteiger partial charge in [0, 0.05) is 65.3 Å². The summed E-state index contributed by atoms with van der Waals surface area (Å²) in [6, 6.07) is 34.7. The maximum Gasteiger partial charge on any atom is 0.133 e. The van der Waals surface area contributed by atoms with Gasteiger partial charge in [0.05, 0.1) is 11.2 Å². The Bertz CT molecular complexity index is 2010. The van der Waals surface area contributed by atoms with Crippen LogP contribution < -0.4 is 0 Å². The highest BCUT2D eigenvalue weighted by atomic mass is 14.9. The van der Waals surface area contributed by atoms with Crippen LogP contribution in [-0.2, 0) is 10.8 Å². The van der Waals surface area contributed by atoms with E-state index in [1.54, 1.807) is 18.6 Å². The Kier molecular flexibility index (Phi) is 50.7. The van der Waals surface area contributed by atoms with Crippen LogP contribution in [0.4, 0.5) is 0 Å². The van der Waals surface area contributed by atoms with Crippen molar-refractivity contribution in [1.82, 2.24) is 34.9 Å². The molecule has 7 aromatic rings. The smallest absolute Gasteiger partial charge is 0.133 e. The molecule has 408 valence electrons. The lowest BCUT2D eigenvalue weighted by Crippen LogP contribution is -2.14. The van der Waals surface area contributed by atoms with Crippen molar-refractivity contribution in [3.05, 3.63) is 186 Å². The molecule has 0 aliphatic heterocycles. The SMILES string of the molecule is CC.CC.CC.CC.CC.CC.CC(C)(C)c1ccccn1.CC(C)(C)c1ncccn1.CC(C)c1ccccc1.CC(C)c1cccnc1.CC(C)c1ccncc1.Cc1nc(C(C)C)c2ccccc2n1. The first kappa shape index (κ1) is 76.2. The summed E-state index contributed by atoms with van der Waals surface area (Å²) < 4.78 is 0. The number of fused-ring (bicyclic) bond motifs is 1. The van der Waals surface area contributed by atoms with Gasteiger partial charge < -0.3 is 0 Å². The van der Waals surface area contributed by atoms with E-state index in [4.69, 9.17) is 0 Å². The monoisotopic (exact) mass is 1000 g/mol. The molecule has 0 fully saturated rings. The van der Waals surface area contributed by atoms with E-state index >= 15 is 0 Å². The molecule has 5 heterocycles. The van der Waals surface area contributed by atoms with E-state index in [0.29, 0.717) is 23.7 Å². The van der Waals surface area contributed by atoms with Gasteiger partial charge in [0.1, 0.15) is 11.6 Å². The molecule has 0 amide bonds. The van der Waals surface area contributed by atoms with E-state index in [1.807, 2.05) is 175 Å². The fourth-order valence-corrected chi connectivity index (χ4v) is 5.46. The lowest BCUT2D eigenvalue weighted by Gasteiger charge is -2.16. The number of benzene rings is 2. The summed E-state index contributed by atoms with van der Waals surface area (Å²) in [7, 11) is 0. The average molecular weight is 1000 g/mol. The van der Waals surface area contributed by atoms with Crippen LogP contribution in [0.15, 0.2) is 147 Å². The van der Waals surface area contributed by atoms with Gasteiger partial charge >= 0.3 is 0 Å². The average Bonchev–Trinajstić information content (AvgIpc) is 3.43. The molecule has 0 bridgehead atoms. The van der Waals surface area contributed by atoms with Gasteiger partial charge in [-0.2, -0.15) is 0 Å². The first-order chi connectivity index (χ1) is 34.8. The Morgan fingerprint density at radius 1 is 0.356 bits per heavy atom. The molecule has 2 aromatic carbocycles. The number of hydrogen-bond donors (Lipinski definition) is 0. The number of para-hydroxylation sites is 1. The molecule has 0 radical (unpaired) electrons. The van der Waals surface area contributed by atoms with E-state index in [2.05, 4.69) is 174 Å². The van der Waals surface area contributed by atoms with Crippen molar-refractivity contribution >= 4 is 10.9 Å². The molecule has 7 rings (SSSR count). The van der Waals surface area contributed by atoms with Gasteiger partial charge in [-0.25, -0.2) is 19.9 Å². The highest BCUT2D eigenvalue weighted by Gasteiger charge is 2.15. The summed E-state index contributed by atoms with van der Waals surface area (Å²) in [5.74, 6) is 4.07. The molecule has 73 heavy (non-hydrogen) atoms. The van der Waals surface area contributed by atoms with E-state index in [9.17, 15) is 0 Å². The fourth-order valence-electron chi connectivity index (χ4n) is 5.46. The van der Waals surface area contributed by atoms with Gasteiger partial charge in [0.25, 0.3) is 0 Å². The number of aromatic nitrogens is 7. The summed E-state index contributed by atoms with van der Waals surface area (Å²) in [5.41, 5.74) is 7.66. The van der Waals surface area contributed by atoms with E-state index in [-0.39, 0.29) is 10.8 Å². The Labute approximate surface area is 451 Å². The largest absolute Gasteiger partial charge is 0.265 e. The van der Waals surface area contributed by atoms with Gasteiger partial charge in [0.2, 0.25) is 0 Å². The minimum atomic E-state index is 0.0707. The minimum Gasteiger partial charge on any atom is -0.265 e. The van der Waals surface area contributed by atoms with Gasteiger partial charge in [-0.1, -0.05) is 241 Å². The summed E-state index contributed by atoms with van der Waals surface area (Å²) in [6.45, 7) is 56.1. The Balaban J connectivity index is -0.000000244. The third kappa shape index (κ3) is 37.7. The van der Waals surface area contributed by atoms with Gasteiger partial charge in [-0.3, -0.25) is 15.0 Å². The number of hydrogen-bond acceptors (Lipinski definition) is 7. The van der Waals surface area contributed by atoms with Crippen molar-refractivity contribution in [1.29, 1.82) is 0 Å². The van der Waals surface area contributed by atoms with Crippen molar-refractivity contribution < 1.29 is 0 Å². The molecule has 0 unspecified atom stereocenters. The van der Waals surface area contributed by atoms with E-state index in [0.717, 1.165) is 28.6 Å². The second-order valence-electron chi connectivity index (χ2n) is 18.1. The van der Waals surface area contributed by atoms with Crippen LogP contribution >= 0.6 is 0 Å². The molecule has 5 aromatic heterocycles. The Morgan fingerprint density at radius 2 is 0.795 bits per heavy atom. The number of nitrogens with zero attached hydrogens (tertiary/aromatic N) is 7. The lowest BCUT2D eigenvalue weighted by atomic mass is 9.92. The van der Waals surface area contributed by atoms with Crippen LogP contribution in [-0.4, -0.2) is 34.9 Å². The van der Waals surface area contributed by atoms with Gasteiger partial charge in [-0.05, 0) is 89.8 Å². The van der Waals surface area contributed by atoms with Gasteiger partial charge in [0.15, 0.2) is 0 Å². The summed E-state index contributed by atoms with van der Waals surface area (Å²) >= 11 is 0. The van der Waals surface area contributed by atoms with Crippen LogP contribution in [0.2, 0.25) is 0 Å². The fraction of sp³-hybridized carbons (Fsp3) is 0.500. The maximum atomic E-state index is 4.49. The van der Waals surface area contributed by atoms with Crippen molar-refractivity contribution in [3.63, 3.8) is 0 Å². The molecule has 7 heteroatoms. The normalized spacial score (nSPS) is 9.52. The molecule has 0 saturated heterocycles. The highest BCUT2D eigenvalue weighted by Crippen LogP contribution is 2.22. The van der Waals surface area contributed by atoms with E-state index in [1.165, 1.54) is 22.1 Å². The zero-order valence-corrected chi connectivity index (χ0v) is 51.8. The summed E-state index contributed by atoms with van der Waals surface area (Å²) in [5, 5.41) is 1.17. The van der Waals surface area contributed by atoms with Crippen LogP contribution in [0.25, 0.3) is 10.9 Å². The zero-order chi connectivity index (χ0) is 57.4. The van der Waals surface area contributed by atoms with Crippen molar-refractivity contribution in [3.8, 4) is 0 Å². The molecule has 0 N–H and O–H groups in total. The second kappa shape index (κ2) is 48.6. The lowest BCUT2D eigenvalue weighted by molar-refractivity contribution is 0.545. The third-order valence-corrected chi connectivity index (χ3v) is 9.15. The predicted octanol–water partition coefficient (Wildman–Crippen LogP) is 20.6. The highest BCUT2D eigenvalue weighted by molar-refractivity contribution is 5.81. The molecule has 7 nitrogen and oxygen atoms in total. The first-order valence-electron chi connectivity index (χ1n) is 27.6. The zero-order valence-electron chi connectivity index (χ0n) is 51.8. The minimum absolute atomic E-state index is 0.0707. The van der Waals surface area contributed by atoms with Crippen molar-refractivity contribution in [2.45, 2.75) is 221 Å². The first-order valence-corrected chi connectivity index (χ1v) is 27.6. The molecule has 0 aliphatic carbocycles. The number of pyridine rings is 3. The Hall–Kier alpha value is -5.69. The van der Waals surface area contributed by atoms with Crippen LogP contribution in [0, 0.1) is 6.92 Å². The van der Waals surface area contributed by atoms with Crippen LogP contribution in [0.3, 0.4) is 0 Å². The molecule has 0 atom stereocenters. The molecular weight excluding hydrogens is 891 g/mol. The predicted molar refractivity (Wildman–Crippen MR) is 327 cm³/mol. The summed E-state index contributed by atoms with van der Waals surface area (Å²) in [4.78, 5) is 29.4.